The van der Waals surface area contributed by atoms with Gasteiger partial charge in [-0.2, -0.15) is 0 Å². The largest absolute Gasteiger partial charge is 0.352 e. The number of hydrogen-bond acceptors (Lipinski definition) is 3. The van der Waals surface area contributed by atoms with Gasteiger partial charge in [0, 0.05) is 38.0 Å². The van der Waals surface area contributed by atoms with E-state index in [0.29, 0.717) is 18.7 Å². The van der Waals surface area contributed by atoms with Crippen molar-refractivity contribution in [3.8, 4) is 0 Å². The second kappa shape index (κ2) is 6.86. The molecule has 2 rings (SSSR count). The summed E-state index contributed by atoms with van der Waals surface area (Å²) in [6.45, 7) is 1.20. The molecule has 0 aliphatic heterocycles. The lowest BCUT2D eigenvalue weighted by Crippen LogP contribution is -2.26. The fourth-order valence-corrected chi connectivity index (χ4v) is 2.02. The lowest BCUT2D eigenvalue weighted by atomic mass is 10.1. The minimum atomic E-state index is -0.0569. The van der Waals surface area contributed by atoms with Crippen molar-refractivity contribution in [2.75, 3.05) is 13.1 Å². The summed E-state index contributed by atoms with van der Waals surface area (Å²) < 4.78 is 1.95. The second-order valence-corrected chi connectivity index (χ2v) is 4.70. The maximum atomic E-state index is 12.0. The molecule has 1 heterocycles. The molecule has 1 amide bonds. The van der Waals surface area contributed by atoms with E-state index in [0.717, 1.165) is 24.2 Å². The Hall–Kier alpha value is -2.14. The molecule has 1 aromatic heterocycles. The number of carbonyl (C=O) groups is 1. The van der Waals surface area contributed by atoms with Crippen LogP contribution in [0.1, 0.15) is 21.7 Å². The van der Waals surface area contributed by atoms with Crippen LogP contribution in [0, 0.1) is 0 Å². The molecule has 0 aliphatic rings. The predicted octanol–water partition coefficient (Wildman–Crippen LogP) is 0.894. The SMILES string of the molecule is Cn1ccnc1CCNC(=O)c1ccc(CCN)cc1. The maximum Gasteiger partial charge on any atom is 0.251 e. The molecule has 0 fully saturated rings. The fraction of sp³-hybridized carbons (Fsp3) is 0.333. The van der Waals surface area contributed by atoms with Crippen LogP contribution in [0.3, 0.4) is 0 Å². The fourth-order valence-electron chi connectivity index (χ4n) is 2.02. The number of benzene rings is 1. The van der Waals surface area contributed by atoms with Crippen LogP contribution in [0.15, 0.2) is 36.7 Å². The van der Waals surface area contributed by atoms with E-state index in [1.165, 1.54) is 0 Å². The molecule has 20 heavy (non-hydrogen) atoms. The Balaban J connectivity index is 1.84. The van der Waals surface area contributed by atoms with Crippen molar-refractivity contribution in [1.29, 1.82) is 0 Å². The van der Waals surface area contributed by atoms with Crippen LogP contribution in [-0.2, 0) is 19.9 Å². The molecular formula is C15H20N4O. The molecular weight excluding hydrogens is 252 g/mol. The molecule has 2 aromatic rings. The summed E-state index contributed by atoms with van der Waals surface area (Å²) in [5, 5.41) is 2.90. The zero-order valence-electron chi connectivity index (χ0n) is 11.7. The highest BCUT2D eigenvalue weighted by Gasteiger charge is 2.05. The molecule has 1 aromatic carbocycles. The van der Waals surface area contributed by atoms with Crippen molar-refractivity contribution >= 4 is 5.91 Å². The quantitative estimate of drug-likeness (QED) is 0.820. The smallest absolute Gasteiger partial charge is 0.251 e. The van der Waals surface area contributed by atoms with Crippen LogP contribution >= 0.6 is 0 Å². The number of carbonyl (C=O) groups excluding carboxylic acids is 1. The first kappa shape index (κ1) is 14.3. The number of aryl methyl sites for hydroxylation is 1. The van der Waals surface area contributed by atoms with Gasteiger partial charge in [0.05, 0.1) is 0 Å². The van der Waals surface area contributed by atoms with E-state index >= 15 is 0 Å². The number of nitrogens with zero attached hydrogens (tertiary/aromatic N) is 2. The summed E-state index contributed by atoms with van der Waals surface area (Å²) in [6.07, 6.45) is 5.21. The molecule has 0 saturated heterocycles. The highest BCUT2D eigenvalue weighted by molar-refractivity contribution is 5.94. The highest BCUT2D eigenvalue weighted by Crippen LogP contribution is 2.05. The van der Waals surface area contributed by atoms with Gasteiger partial charge < -0.3 is 15.6 Å². The van der Waals surface area contributed by atoms with Crippen LogP contribution in [0.25, 0.3) is 0 Å². The maximum absolute atomic E-state index is 12.0. The van der Waals surface area contributed by atoms with E-state index in [9.17, 15) is 4.79 Å². The second-order valence-electron chi connectivity index (χ2n) is 4.70. The van der Waals surface area contributed by atoms with Crippen molar-refractivity contribution in [3.63, 3.8) is 0 Å². The van der Waals surface area contributed by atoms with Crippen LogP contribution in [0.2, 0.25) is 0 Å². The van der Waals surface area contributed by atoms with Gasteiger partial charge in [-0.3, -0.25) is 4.79 Å². The minimum Gasteiger partial charge on any atom is -0.352 e. The van der Waals surface area contributed by atoms with Gasteiger partial charge in [-0.15, -0.1) is 0 Å². The summed E-state index contributed by atoms with van der Waals surface area (Å²) in [4.78, 5) is 16.2. The number of hydrogen-bond donors (Lipinski definition) is 2. The average Bonchev–Trinajstić information content (AvgIpc) is 2.85. The van der Waals surface area contributed by atoms with Crippen LogP contribution in [0.5, 0.6) is 0 Å². The first-order chi connectivity index (χ1) is 9.70. The molecule has 0 unspecified atom stereocenters. The van der Waals surface area contributed by atoms with Crippen LogP contribution < -0.4 is 11.1 Å². The van der Waals surface area contributed by atoms with E-state index in [4.69, 9.17) is 5.73 Å². The molecule has 5 nitrogen and oxygen atoms in total. The number of amides is 1. The molecule has 0 atom stereocenters. The average molecular weight is 272 g/mol. The van der Waals surface area contributed by atoms with Crippen molar-refractivity contribution < 1.29 is 4.79 Å². The van der Waals surface area contributed by atoms with Crippen molar-refractivity contribution in [1.82, 2.24) is 14.9 Å². The van der Waals surface area contributed by atoms with Crippen LogP contribution in [0.4, 0.5) is 0 Å². The zero-order chi connectivity index (χ0) is 14.4. The normalized spacial score (nSPS) is 10.5. The van der Waals surface area contributed by atoms with Gasteiger partial charge >= 0.3 is 0 Å². The predicted molar refractivity (Wildman–Crippen MR) is 78.4 cm³/mol. The molecule has 5 heteroatoms. The van der Waals surface area contributed by atoms with E-state index in [-0.39, 0.29) is 5.91 Å². The van der Waals surface area contributed by atoms with E-state index in [1.54, 1.807) is 6.20 Å². The molecule has 0 aliphatic carbocycles. The van der Waals surface area contributed by atoms with Gasteiger partial charge in [0.1, 0.15) is 5.82 Å². The lowest BCUT2D eigenvalue weighted by molar-refractivity contribution is 0.0954. The Bertz CT molecular complexity index is 560. The Kier molecular flexibility index (Phi) is 4.90. The summed E-state index contributed by atoms with van der Waals surface area (Å²) >= 11 is 0. The lowest BCUT2D eigenvalue weighted by Gasteiger charge is -2.06. The first-order valence-electron chi connectivity index (χ1n) is 6.74. The van der Waals surface area contributed by atoms with Gasteiger partial charge in [0.15, 0.2) is 0 Å². The van der Waals surface area contributed by atoms with E-state index in [1.807, 2.05) is 42.1 Å². The Morgan fingerprint density at radius 2 is 2.05 bits per heavy atom. The molecule has 106 valence electrons. The highest BCUT2D eigenvalue weighted by atomic mass is 16.1. The zero-order valence-corrected chi connectivity index (χ0v) is 11.7. The molecule has 3 N–H and O–H groups in total. The van der Waals surface area contributed by atoms with E-state index < -0.39 is 0 Å². The third kappa shape index (κ3) is 3.68. The molecule has 0 saturated carbocycles. The standard InChI is InChI=1S/C15H20N4O/c1-19-11-10-17-14(19)7-9-18-15(20)13-4-2-12(3-5-13)6-8-16/h2-5,10-11H,6-9,16H2,1H3,(H,18,20). The van der Waals surface area contributed by atoms with Crippen molar-refractivity contribution in [3.05, 3.63) is 53.6 Å². The summed E-state index contributed by atoms with van der Waals surface area (Å²) in [6, 6.07) is 7.56. The summed E-state index contributed by atoms with van der Waals surface area (Å²) in [7, 11) is 1.94. The topological polar surface area (TPSA) is 72.9 Å². The van der Waals surface area contributed by atoms with Gasteiger partial charge in [-0.25, -0.2) is 4.98 Å². The van der Waals surface area contributed by atoms with Gasteiger partial charge in [0.2, 0.25) is 0 Å². The number of rotatable bonds is 6. The van der Waals surface area contributed by atoms with E-state index in [2.05, 4.69) is 10.3 Å². The summed E-state index contributed by atoms with van der Waals surface area (Å²) in [5.41, 5.74) is 7.32. The van der Waals surface area contributed by atoms with Crippen molar-refractivity contribution in [2.24, 2.45) is 12.8 Å². The molecule has 0 spiro atoms. The van der Waals surface area contributed by atoms with Crippen LogP contribution in [-0.4, -0.2) is 28.5 Å². The Labute approximate surface area is 118 Å². The number of aromatic nitrogens is 2. The first-order valence-corrected chi connectivity index (χ1v) is 6.74. The van der Waals surface area contributed by atoms with Crippen molar-refractivity contribution in [2.45, 2.75) is 12.8 Å². The Morgan fingerprint density at radius 1 is 1.30 bits per heavy atom. The third-order valence-corrected chi connectivity index (χ3v) is 3.20. The number of nitrogens with one attached hydrogen (secondary N) is 1. The molecule has 0 radical (unpaired) electrons. The number of imidazole rings is 1. The Morgan fingerprint density at radius 3 is 2.65 bits per heavy atom. The third-order valence-electron chi connectivity index (χ3n) is 3.20. The number of nitrogens with two attached hydrogens (primary N) is 1. The summed E-state index contributed by atoms with van der Waals surface area (Å²) in [5.74, 6) is 0.905. The molecule has 0 bridgehead atoms. The van der Waals surface area contributed by atoms with Gasteiger partial charge in [-0.1, -0.05) is 12.1 Å². The van der Waals surface area contributed by atoms with Gasteiger partial charge in [-0.05, 0) is 30.7 Å². The van der Waals surface area contributed by atoms with Gasteiger partial charge in [0.25, 0.3) is 5.91 Å². The minimum absolute atomic E-state index is 0.0569. The monoisotopic (exact) mass is 272 g/mol.